The molecule has 11 nitrogen and oxygen atoms in total. The number of hydrogen-bond donors (Lipinski definition) is 5. The third-order valence-corrected chi connectivity index (χ3v) is 8.35. The third-order valence-electron chi connectivity index (χ3n) is 6.02. The maximum absolute atomic E-state index is 13.5. The number of para-hydroxylation sites is 1. The number of fused-ring (bicyclic) bond motifs is 1. The predicted octanol–water partition coefficient (Wildman–Crippen LogP) is 3.40. The second kappa shape index (κ2) is 14.4. The van der Waals surface area contributed by atoms with Gasteiger partial charge in [-0.2, -0.15) is 0 Å². The van der Waals surface area contributed by atoms with Gasteiger partial charge in [-0.3, -0.25) is 24.3 Å². The van der Waals surface area contributed by atoms with E-state index in [-0.39, 0.29) is 25.6 Å². The van der Waals surface area contributed by atoms with E-state index in [1.54, 1.807) is 27.0 Å². The van der Waals surface area contributed by atoms with Crippen LogP contribution in [0.15, 0.2) is 30.5 Å². The maximum Gasteiger partial charge on any atom is 0.347 e. The Hall–Kier alpha value is -2.72. The van der Waals surface area contributed by atoms with Crippen molar-refractivity contribution in [3.05, 3.63) is 36.0 Å². The predicted molar refractivity (Wildman–Crippen MR) is 146 cm³/mol. The van der Waals surface area contributed by atoms with Gasteiger partial charge < -0.3 is 29.8 Å². The summed E-state index contributed by atoms with van der Waals surface area (Å²) in [5, 5.41) is 18.5. The molecule has 4 atom stereocenters. The first kappa shape index (κ1) is 31.5. The Labute approximate surface area is 224 Å². The Bertz CT molecular complexity index is 1130. The van der Waals surface area contributed by atoms with Gasteiger partial charge in [-0.1, -0.05) is 32.0 Å². The zero-order valence-electron chi connectivity index (χ0n) is 22.9. The molecule has 1 aromatic heterocycles. The van der Waals surface area contributed by atoms with E-state index < -0.39 is 49.3 Å². The van der Waals surface area contributed by atoms with E-state index in [9.17, 15) is 24.1 Å². The summed E-state index contributed by atoms with van der Waals surface area (Å²) in [6.07, 6.45) is 2.29. The summed E-state index contributed by atoms with van der Waals surface area (Å²) < 4.78 is 24.1. The van der Waals surface area contributed by atoms with E-state index in [4.69, 9.17) is 9.05 Å². The first-order valence-electron chi connectivity index (χ1n) is 12.9. The molecule has 0 bridgehead atoms. The number of aromatic nitrogens is 1. The molecular formula is C26H41N4O7P. The number of hydrogen-bond acceptors (Lipinski definition) is 7. The maximum atomic E-state index is 13.5. The molecule has 0 spiro atoms. The highest BCUT2D eigenvalue weighted by Gasteiger charge is 2.36. The molecule has 5 N–H and O–H groups in total. The van der Waals surface area contributed by atoms with Crippen LogP contribution in [0, 0.1) is 5.92 Å². The van der Waals surface area contributed by atoms with Gasteiger partial charge in [0.15, 0.2) is 0 Å². The largest absolute Gasteiger partial charge is 0.480 e. The van der Waals surface area contributed by atoms with Crippen LogP contribution in [0.1, 0.15) is 53.5 Å². The van der Waals surface area contributed by atoms with Crippen molar-refractivity contribution in [1.82, 2.24) is 20.9 Å². The molecular weight excluding hydrogens is 511 g/mol. The standard InChI is InChI=1S/C26H41N4O7P/c1-7-36-38(35,37-8-2)18(6)29-22(13-16(3)4)25(32)30-23(24(31)28-17(5)26(33)34)14-19-15-27-21-12-10-9-11-20(19)21/h9-12,15-18,22-23,27,29H,7-8,13-14H2,1-6H3,(H,28,31)(H,30,32)(H,33,34). The van der Waals surface area contributed by atoms with E-state index >= 15 is 0 Å². The molecule has 0 aliphatic heterocycles. The molecule has 0 saturated heterocycles. The summed E-state index contributed by atoms with van der Waals surface area (Å²) in [6, 6.07) is 4.56. The molecule has 2 aromatic rings. The molecule has 1 heterocycles. The first-order valence-corrected chi connectivity index (χ1v) is 14.6. The van der Waals surface area contributed by atoms with Gasteiger partial charge in [-0.25, -0.2) is 0 Å². The van der Waals surface area contributed by atoms with Crippen LogP contribution in [0.2, 0.25) is 0 Å². The van der Waals surface area contributed by atoms with Crippen molar-refractivity contribution in [2.24, 2.45) is 5.92 Å². The number of carbonyl (C=O) groups is 3. The van der Waals surface area contributed by atoms with Crippen LogP contribution in [0.3, 0.4) is 0 Å². The molecule has 0 aliphatic carbocycles. The molecule has 0 saturated carbocycles. The Kier molecular flexibility index (Phi) is 12.0. The molecule has 0 radical (unpaired) electrons. The molecule has 212 valence electrons. The summed E-state index contributed by atoms with van der Waals surface area (Å²) >= 11 is 0. The number of carboxylic acid groups (broad SMARTS) is 1. The van der Waals surface area contributed by atoms with E-state index in [1.807, 2.05) is 38.1 Å². The minimum Gasteiger partial charge on any atom is -0.480 e. The van der Waals surface area contributed by atoms with E-state index in [1.165, 1.54) is 6.92 Å². The fraction of sp³-hybridized carbons (Fsp3) is 0.577. The van der Waals surface area contributed by atoms with Crippen molar-refractivity contribution in [3.8, 4) is 0 Å². The second-order valence-electron chi connectivity index (χ2n) is 9.59. The normalized spacial score (nSPS) is 15.1. The molecule has 12 heteroatoms. The zero-order valence-corrected chi connectivity index (χ0v) is 23.8. The van der Waals surface area contributed by atoms with Crippen molar-refractivity contribution in [3.63, 3.8) is 0 Å². The number of H-pyrrole nitrogens is 1. The van der Waals surface area contributed by atoms with Gasteiger partial charge in [0.05, 0.1) is 19.3 Å². The van der Waals surface area contributed by atoms with E-state index in [0.717, 1.165) is 16.5 Å². The molecule has 38 heavy (non-hydrogen) atoms. The Balaban J connectivity index is 2.32. The summed E-state index contributed by atoms with van der Waals surface area (Å²) in [4.78, 5) is 41.2. The number of benzene rings is 1. The molecule has 0 aliphatic rings. The Morgan fingerprint density at radius 3 is 2.16 bits per heavy atom. The quantitative estimate of drug-likeness (QED) is 0.198. The van der Waals surface area contributed by atoms with Gasteiger partial charge in [-0.05, 0) is 51.7 Å². The van der Waals surface area contributed by atoms with Crippen LogP contribution in [-0.4, -0.2) is 65.0 Å². The van der Waals surface area contributed by atoms with Gasteiger partial charge in [-0.15, -0.1) is 0 Å². The van der Waals surface area contributed by atoms with Crippen molar-refractivity contribution >= 4 is 36.3 Å². The van der Waals surface area contributed by atoms with E-state index in [2.05, 4.69) is 20.9 Å². The Morgan fingerprint density at radius 1 is 0.974 bits per heavy atom. The van der Waals surface area contributed by atoms with Crippen LogP contribution < -0.4 is 16.0 Å². The SMILES string of the molecule is CCOP(=O)(OCC)C(C)NC(CC(C)C)C(=O)NC(Cc1c[nH]c2ccccc12)C(=O)NC(C)C(=O)O. The van der Waals surface area contributed by atoms with Crippen LogP contribution >= 0.6 is 7.60 Å². The lowest BCUT2D eigenvalue weighted by molar-refractivity contribution is -0.141. The molecule has 2 amide bonds. The number of carboxylic acids is 1. The van der Waals surface area contributed by atoms with Crippen LogP contribution in [0.25, 0.3) is 10.9 Å². The lowest BCUT2D eigenvalue weighted by Gasteiger charge is -2.30. The number of rotatable bonds is 16. The second-order valence-corrected chi connectivity index (χ2v) is 12.0. The molecule has 0 fully saturated rings. The highest BCUT2D eigenvalue weighted by atomic mass is 31.2. The highest BCUT2D eigenvalue weighted by molar-refractivity contribution is 7.54. The van der Waals surface area contributed by atoms with Crippen molar-refractivity contribution < 1.29 is 33.1 Å². The van der Waals surface area contributed by atoms with Gasteiger partial charge in [0.1, 0.15) is 17.9 Å². The van der Waals surface area contributed by atoms with Crippen molar-refractivity contribution in [2.75, 3.05) is 13.2 Å². The minimum absolute atomic E-state index is 0.0944. The first-order chi connectivity index (χ1) is 17.9. The van der Waals surface area contributed by atoms with Crippen LogP contribution in [0.5, 0.6) is 0 Å². The van der Waals surface area contributed by atoms with Gasteiger partial charge in [0.2, 0.25) is 11.8 Å². The highest BCUT2D eigenvalue weighted by Crippen LogP contribution is 2.51. The average Bonchev–Trinajstić information content (AvgIpc) is 3.25. The number of nitrogens with one attached hydrogen (secondary N) is 4. The lowest BCUT2D eigenvalue weighted by atomic mass is 10.0. The molecule has 2 rings (SSSR count). The number of carbonyl (C=O) groups excluding carboxylic acids is 2. The average molecular weight is 553 g/mol. The number of aliphatic carboxylic acids is 1. The fourth-order valence-electron chi connectivity index (χ4n) is 4.10. The van der Waals surface area contributed by atoms with Gasteiger partial charge >= 0.3 is 13.6 Å². The third kappa shape index (κ3) is 8.66. The molecule has 4 unspecified atom stereocenters. The van der Waals surface area contributed by atoms with Crippen molar-refractivity contribution in [1.29, 1.82) is 0 Å². The van der Waals surface area contributed by atoms with E-state index in [0.29, 0.717) is 6.42 Å². The zero-order chi connectivity index (χ0) is 28.5. The summed E-state index contributed by atoms with van der Waals surface area (Å²) in [5.74, 6) is -2.98. The van der Waals surface area contributed by atoms with Crippen LogP contribution in [0.4, 0.5) is 0 Å². The van der Waals surface area contributed by atoms with Crippen LogP contribution in [-0.2, 0) is 34.4 Å². The number of amides is 2. The minimum atomic E-state index is -3.54. The fourth-order valence-corrected chi connectivity index (χ4v) is 5.71. The lowest BCUT2D eigenvalue weighted by Crippen LogP contribution is -2.56. The topological polar surface area (TPSA) is 159 Å². The summed E-state index contributed by atoms with van der Waals surface area (Å²) in [7, 11) is -3.54. The van der Waals surface area contributed by atoms with Gasteiger partial charge in [0.25, 0.3) is 0 Å². The smallest absolute Gasteiger partial charge is 0.347 e. The summed E-state index contributed by atoms with van der Waals surface area (Å²) in [5.41, 5.74) is 1.67. The Morgan fingerprint density at radius 2 is 1.58 bits per heavy atom. The van der Waals surface area contributed by atoms with Crippen molar-refractivity contribution in [2.45, 2.75) is 78.3 Å². The monoisotopic (exact) mass is 552 g/mol. The number of aromatic amines is 1. The van der Waals surface area contributed by atoms with Gasteiger partial charge in [0, 0.05) is 23.5 Å². The molecule has 1 aromatic carbocycles. The summed E-state index contributed by atoms with van der Waals surface area (Å²) in [6.45, 7) is 10.7.